The third-order valence-electron chi connectivity index (χ3n) is 6.62. The minimum Gasteiger partial charge on any atom is -0.385 e. The Morgan fingerprint density at radius 3 is 2.58 bits per heavy atom. The van der Waals surface area contributed by atoms with E-state index in [1.165, 1.54) is 13.2 Å². The molecule has 36 heavy (non-hydrogen) atoms. The van der Waals surface area contributed by atoms with Gasteiger partial charge in [0.1, 0.15) is 18.2 Å². The number of hydrogen-bond acceptors (Lipinski definition) is 6. The van der Waals surface area contributed by atoms with Crippen LogP contribution in [0.1, 0.15) is 48.3 Å². The van der Waals surface area contributed by atoms with Crippen LogP contribution in [0.2, 0.25) is 0 Å². The van der Waals surface area contributed by atoms with Gasteiger partial charge in [0, 0.05) is 31.6 Å². The SMILES string of the molecule is COCC(=O)N1CCC(O)(c2ccc3nc(C)nc(N[C@H](C)c4cccc(C(F)(F)F)c4)c3c2)CC1. The summed E-state index contributed by atoms with van der Waals surface area (Å²) in [4.78, 5) is 22.8. The summed E-state index contributed by atoms with van der Waals surface area (Å²) in [6.07, 6.45) is -3.70. The predicted molar refractivity (Wildman–Crippen MR) is 129 cm³/mol. The van der Waals surface area contributed by atoms with Crippen molar-refractivity contribution in [2.75, 3.05) is 32.1 Å². The van der Waals surface area contributed by atoms with Crippen molar-refractivity contribution in [2.24, 2.45) is 0 Å². The molecule has 2 N–H and O–H groups in total. The molecule has 3 aromatic rings. The molecule has 0 spiro atoms. The maximum atomic E-state index is 13.2. The van der Waals surface area contributed by atoms with Gasteiger partial charge in [-0.2, -0.15) is 13.2 Å². The molecule has 0 aliphatic carbocycles. The Morgan fingerprint density at radius 1 is 1.19 bits per heavy atom. The number of ether oxygens (including phenoxy) is 1. The quantitative estimate of drug-likeness (QED) is 0.513. The van der Waals surface area contributed by atoms with Crippen LogP contribution in [0.4, 0.5) is 19.0 Å². The molecule has 7 nitrogen and oxygen atoms in total. The number of hydrogen-bond donors (Lipinski definition) is 2. The molecule has 4 rings (SSSR count). The van der Waals surface area contributed by atoms with Gasteiger partial charge in [0.15, 0.2) is 0 Å². The van der Waals surface area contributed by atoms with E-state index in [1.54, 1.807) is 30.9 Å². The second-order valence-electron chi connectivity index (χ2n) is 9.19. The van der Waals surface area contributed by atoms with E-state index >= 15 is 0 Å². The first-order chi connectivity index (χ1) is 17.0. The summed E-state index contributed by atoms with van der Waals surface area (Å²) in [6, 6.07) is 10.2. The van der Waals surface area contributed by atoms with Gasteiger partial charge in [0.2, 0.25) is 5.91 Å². The van der Waals surface area contributed by atoms with Gasteiger partial charge in [-0.05, 0) is 62.1 Å². The molecule has 1 aromatic heterocycles. The Hall–Kier alpha value is -3.24. The van der Waals surface area contributed by atoms with Gasteiger partial charge in [-0.25, -0.2) is 9.97 Å². The van der Waals surface area contributed by atoms with Crippen molar-refractivity contribution in [3.8, 4) is 0 Å². The van der Waals surface area contributed by atoms with Crippen LogP contribution in [0.5, 0.6) is 0 Å². The number of halogens is 3. The lowest BCUT2D eigenvalue weighted by Crippen LogP contribution is -2.46. The number of aryl methyl sites for hydroxylation is 1. The van der Waals surface area contributed by atoms with E-state index in [0.29, 0.717) is 59.6 Å². The summed E-state index contributed by atoms with van der Waals surface area (Å²) in [6.45, 7) is 4.32. The number of carbonyl (C=O) groups excluding carboxylic acids is 1. The number of carbonyl (C=O) groups is 1. The van der Waals surface area contributed by atoms with E-state index in [0.717, 1.165) is 12.1 Å². The Kier molecular flexibility index (Phi) is 7.19. The van der Waals surface area contributed by atoms with E-state index in [-0.39, 0.29) is 12.5 Å². The number of methoxy groups -OCH3 is 1. The molecule has 0 saturated carbocycles. The third kappa shape index (κ3) is 5.44. The third-order valence-corrected chi connectivity index (χ3v) is 6.62. The molecule has 192 valence electrons. The minimum absolute atomic E-state index is 0.00415. The summed E-state index contributed by atoms with van der Waals surface area (Å²) in [5, 5.41) is 15.3. The highest BCUT2D eigenvalue weighted by Gasteiger charge is 2.36. The number of fused-ring (bicyclic) bond motifs is 1. The molecular formula is C26H29F3N4O3. The highest BCUT2D eigenvalue weighted by Crippen LogP contribution is 2.36. The van der Waals surface area contributed by atoms with E-state index in [9.17, 15) is 23.1 Å². The lowest BCUT2D eigenvalue weighted by Gasteiger charge is -2.38. The summed E-state index contributed by atoms with van der Waals surface area (Å²) in [7, 11) is 1.47. The van der Waals surface area contributed by atoms with Gasteiger partial charge in [-0.3, -0.25) is 4.79 Å². The second-order valence-corrected chi connectivity index (χ2v) is 9.19. The van der Waals surface area contributed by atoms with Crippen molar-refractivity contribution in [1.82, 2.24) is 14.9 Å². The maximum absolute atomic E-state index is 13.2. The number of rotatable bonds is 6. The van der Waals surface area contributed by atoms with Crippen molar-refractivity contribution < 1.29 is 27.8 Å². The minimum atomic E-state index is -4.43. The van der Waals surface area contributed by atoms with Crippen molar-refractivity contribution in [2.45, 2.75) is 44.5 Å². The van der Waals surface area contributed by atoms with Crippen molar-refractivity contribution in [3.63, 3.8) is 0 Å². The zero-order valence-electron chi connectivity index (χ0n) is 20.4. The van der Waals surface area contributed by atoms with Crippen LogP contribution in [0, 0.1) is 6.92 Å². The number of piperidine rings is 1. The number of nitrogens with zero attached hydrogens (tertiary/aromatic N) is 3. The van der Waals surface area contributed by atoms with Crippen LogP contribution in [0.15, 0.2) is 42.5 Å². The fourth-order valence-electron chi connectivity index (χ4n) is 4.55. The highest BCUT2D eigenvalue weighted by atomic mass is 19.4. The number of benzene rings is 2. The number of nitrogens with one attached hydrogen (secondary N) is 1. The van der Waals surface area contributed by atoms with Crippen molar-refractivity contribution in [3.05, 3.63) is 65.0 Å². The summed E-state index contributed by atoms with van der Waals surface area (Å²) < 4.78 is 44.5. The lowest BCUT2D eigenvalue weighted by molar-refractivity contribution is -0.140. The van der Waals surface area contributed by atoms with Crippen LogP contribution in [-0.2, 0) is 21.3 Å². The first kappa shape index (κ1) is 25.8. The first-order valence-electron chi connectivity index (χ1n) is 11.7. The number of aromatic nitrogens is 2. The average molecular weight is 503 g/mol. The summed E-state index contributed by atoms with van der Waals surface area (Å²) in [5.41, 5.74) is -0.0426. The van der Waals surface area contributed by atoms with Crippen molar-refractivity contribution in [1.29, 1.82) is 0 Å². The van der Waals surface area contributed by atoms with Crippen LogP contribution in [0.25, 0.3) is 10.9 Å². The Bertz CT molecular complexity index is 1260. The molecular weight excluding hydrogens is 473 g/mol. The standard InChI is InChI=1S/C26H29F3N4O3/c1-16(18-5-4-6-20(13-18)26(27,28)29)30-24-21-14-19(7-8-22(21)31-17(2)32-24)25(35)9-11-33(12-10-25)23(34)15-36-3/h4-8,13-14,16,35H,9-12,15H2,1-3H3,(H,30,31,32)/t16-/m1/s1. The Morgan fingerprint density at radius 2 is 1.92 bits per heavy atom. The average Bonchev–Trinajstić information content (AvgIpc) is 2.84. The maximum Gasteiger partial charge on any atom is 0.416 e. The number of alkyl halides is 3. The zero-order valence-corrected chi connectivity index (χ0v) is 20.4. The van der Waals surface area contributed by atoms with Crippen LogP contribution < -0.4 is 5.32 Å². The Balaban J connectivity index is 1.62. The molecule has 1 aliphatic heterocycles. The first-order valence-corrected chi connectivity index (χ1v) is 11.7. The molecule has 2 aromatic carbocycles. The second kappa shape index (κ2) is 10.0. The van der Waals surface area contributed by atoms with Gasteiger partial charge in [0.25, 0.3) is 0 Å². The number of anilines is 1. The molecule has 1 fully saturated rings. The fourth-order valence-corrected chi connectivity index (χ4v) is 4.55. The smallest absolute Gasteiger partial charge is 0.385 e. The lowest BCUT2D eigenvalue weighted by atomic mass is 9.84. The topological polar surface area (TPSA) is 87.6 Å². The van der Waals surface area contributed by atoms with Gasteiger partial charge in [0.05, 0.1) is 16.7 Å². The monoisotopic (exact) mass is 502 g/mol. The van der Waals surface area contributed by atoms with E-state index in [2.05, 4.69) is 15.3 Å². The van der Waals surface area contributed by atoms with E-state index < -0.39 is 23.4 Å². The van der Waals surface area contributed by atoms with Crippen molar-refractivity contribution >= 4 is 22.6 Å². The number of amides is 1. The van der Waals surface area contributed by atoms with E-state index in [4.69, 9.17) is 4.74 Å². The molecule has 1 aliphatic rings. The fraction of sp³-hybridized carbons (Fsp3) is 0.423. The molecule has 0 radical (unpaired) electrons. The van der Waals surface area contributed by atoms with E-state index in [1.807, 2.05) is 12.1 Å². The molecule has 10 heteroatoms. The van der Waals surface area contributed by atoms with Gasteiger partial charge < -0.3 is 20.1 Å². The van der Waals surface area contributed by atoms with Crippen LogP contribution in [0.3, 0.4) is 0 Å². The summed E-state index contributed by atoms with van der Waals surface area (Å²) in [5.74, 6) is 0.871. The molecule has 0 unspecified atom stereocenters. The molecule has 1 saturated heterocycles. The van der Waals surface area contributed by atoms with Crippen LogP contribution >= 0.6 is 0 Å². The number of aliphatic hydroxyl groups is 1. The highest BCUT2D eigenvalue weighted by molar-refractivity contribution is 5.90. The number of likely N-dealkylation sites (tertiary alicyclic amines) is 1. The Labute approximate surface area is 207 Å². The largest absolute Gasteiger partial charge is 0.416 e. The van der Waals surface area contributed by atoms with Gasteiger partial charge in [-0.15, -0.1) is 0 Å². The van der Waals surface area contributed by atoms with Crippen LogP contribution in [-0.4, -0.2) is 52.7 Å². The predicted octanol–water partition coefficient (Wildman–Crippen LogP) is 4.59. The van der Waals surface area contributed by atoms with Gasteiger partial charge in [-0.1, -0.05) is 18.2 Å². The molecule has 1 amide bonds. The normalized spacial score (nSPS) is 16.7. The molecule has 1 atom stereocenters. The molecule has 0 bridgehead atoms. The van der Waals surface area contributed by atoms with Gasteiger partial charge >= 0.3 is 6.18 Å². The summed E-state index contributed by atoms with van der Waals surface area (Å²) >= 11 is 0. The molecule has 2 heterocycles. The zero-order chi connectivity index (χ0) is 26.1.